The van der Waals surface area contributed by atoms with Gasteiger partial charge in [-0.25, -0.2) is 4.98 Å². The molecule has 0 aliphatic heterocycles. The quantitative estimate of drug-likeness (QED) is 0.202. The van der Waals surface area contributed by atoms with Crippen LogP contribution in [0.1, 0.15) is 41.2 Å². The van der Waals surface area contributed by atoms with Crippen LogP contribution in [0.5, 0.6) is 5.75 Å². The molecule has 4 aromatic rings. The molecule has 2 aromatic heterocycles. The molecule has 7 nitrogen and oxygen atoms in total. The standard InChI is InChI=1S/C25H23F3N4O3S/c26-25(27,28)36(33)23-12-7-19(8-13-23)9-14-24-30-21(17-35-24)16-34-22-10-5-18(6-11-22)3-1-2-4-20-15-29-32-31-20/h5-15,17H,1-4,16H2,(H,29,31,32). The van der Waals surface area contributed by atoms with E-state index in [2.05, 4.69) is 20.4 Å². The molecular formula is C25H23F3N4O3S. The number of H-pyrrole nitrogens is 1. The first-order valence-corrected chi connectivity index (χ1v) is 12.3. The van der Waals surface area contributed by atoms with Crippen molar-refractivity contribution in [2.75, 3.05) is 0 Å². The van der Waals surface area contributed by atoms with Gasteiger partial charge in [-0.3, -0.25) is 5.10 Å². The number of unbranched alkanes of at least 4 members (excludes halogenated alkanes) is 1. The lowest BCUT2D eigenvalue weighted by atomic mass is 10.1. The van der Waals surface area contributed by atoms with Crippen LogP contribution in [0.3, 0.4) is 0 Å². The van der Waals surface area contributed by atoms with Gasteiger partial charge in [0.1, 0.15) is 24.3 Å². The molecule has 0 aliphatic rings. The van der Waals surface area contributed by atoms with Gasteiger partial charge in [0, 0.05) is 12.3 Å². The summed E-state index contributed by atoms with van der Waals surface area (Å²) in [7, 11) is 0. The van der Waals surface area contributed by atoms with Gasteiger partial charge in [-0.1, -0.05) is 17.3 Å². The van der Waals surface area contributed by atoms with E-state index in [0.29, 0.717) is 17.1 Å². The Labute approximate surface area is 208 Å². The predicted octanol–water partition coefficient (Wildman–Crippen LogP) is 5.73. The molecule has 2 aromatic carbocycles. The van der Waals surface area contributed by atoms with Crippen LogP contribution in [0.15, 0.2) is 70.3 Å². The molecule has 1 unspecified atom stereocenters. The molecular weight excluding hydrogens is 493 g/mol. The van der Waals surface area contributed by atoms with Crippen LogP contribution in [-0.2, 0) is 30.6 Å². The third kappa shape index (κ3) is 7.46. The van der Waals surface area contributed by atoms with Gasteiger partial charge in [0.2, 0.25) is 5.89 Å². The zero-order chi connectivity index (χ0) is 25.4. The average Bonchev–Trinajstić information content (AvgIpc) is 3.56. The maximum absolute atomic E-state index is 12.5. The van der Waals surface area contributed by atoms with E-state index in [4.69, 9.17) is 9.15 Å². The van der Waals surface area contributed by atoms with Crippen molar-refractivity contribution in [1.82, 2.24) is 20.4 Å². The summed E-state index contributed by atoms with van der Waals surface area (Å²) in [6.07, 6.45) is 10.5. The van der Waals surface area contributed by atoms with Crippen LogP contribution in [0, 0.1) is 0 Å². The van der Waals surface area contributed by atoms with Gasteiger partial charge in [-0.05, 0) is 79.3 Å². The summed E-state index contributed by atoms with van der Waals surface area (Å²) in [6.45, 7) is 0.229. The second kappa shape index (κ2) is 11.9. The Morgan fingerprint density at radius 3 is 2.42 bits per heavy atom. The molecule has 0 radical (unpaired) electrons. The molecule has 2 heterocycles. The van der Waals surface area contributed by atoms with Crippen molar-refractivity contribution in [2.24, 2.45) is 0 Å². The third-order valence-corrected chi connectivity index (χ3v) is 6.34. The highest BCUT2D eigenvalue weighted by Gasteiger charge is 2.45. The molecule has 1 N–H and O–H groups in total. The Bertz CT molecular complexity index is 1240. The molecule has 1 atom stereocenters. The van der Waals surface area contributed by atoms with E-state index >= 15 is 0 Å². The molecule has 0 spiro atoms. The number of ether oxygens (including phenoxy) is 1. The largest absolute Gasteiger partial charge is 0.604 e. The van der Waals surface area contributed by atoms with Gasteiger partial charge in [-0.2, -0.15) is 0 Å². The number of aromatic nitrogens is 4. The smallest absolute Gasteiger partial charge is 0.578 e. The number of aryl methyl sites for hydroxylation is 2. The monoisotopic (exact) mass is 516 g/mol. The van der Waals surface area contributed by atoms with E-state index in [9.17, 15) is 17.7 Å². The molecule has 11 heteroatoms. The second-order valence-electron chi connectivity index (χ2n) is 7.90. The Morgan fingerprint density at radius 2 is 1.72 bits per heavy atom. The Balaban J connectivity index is 1.21. The first-order valence-electron chi connectivity index (χ1n) is 11.1. The number of hydrogen-bond acceptors (Lipinski definition) is 6. The van der Waals surface area contributed by atoms with Crippen molar-refractivity contribution in [2.45, 2.75) is 42.7 Å². The SMILES string of the molecule is [O-][S+](c1ccc(C=Cc2nc(COc3ccc(CCCCc4c[nH]nn4)cc3)co2)cc1)C(F)(F)F. The minimum absolute atomic E-state index is 0.229. The molecule has 0 bridgehead atoms. The summed E-state index contributed by atoms with van der Waals surface area (Å²) in [4.78, 5) is 4.02. The molecule has 36 heavy (non-hydrogen) atoms. The zero-order valence-electron chi connectivity index (χ0n) is 19.1. The van der Waals surface area contributed by atoms with E-state index in [1.54, 1.807) is 12.2 Å². The topological polar surface area (TPSA) is 99.9 Å². The van der Waals surface area contributed by atoms with Gasteiger partial charge in [0.15, 0.2) is 4.90 Å². The van der Waals surface area contributed by atoms with Crippen molar-refractivity contribution >= 4 is 23.3 Å². The summed E-state index contributed by atoms with van der Waals surface area (Å²) in [5.74, 6) is 1.05. The Morgan fingerprint density at radius 1 is 0.972 bits per heavy atom. The zero-order valence-corrected chi connectivity index (χ0v) is 19.9. The van der Waals surface area contributed by atoms with E-state index in [-0.39, 0.29) is 11.5 Å². The number of alkyl halides is 3. The van der Waals surface area contributed by atoms with Crippen molar-refractivity contribution in [3.63, 3.8) is 0 Å². The summed E-state index contributed by atoms with van der Waals surface area (Å²) < 4.78 is 60.2. The minimum Gasteiger partial charge on any atom is -0.604 e. The summed E-state index contributed by atoms with van der Waals surface area (Å²) >= 11 is -3.05. The summed E-state index contributed by atoms with van der Waals surface area (Å²) in [5, 5.41) is 10.4. The number of nitrogens with zero attached hydrogens (tertiary/aromatic N) is 3. The third-order valence-electron chi connectivity index (χ3n) is 5.22. The molecule has 0 amide bonds. The highest BCUT2D eigenvalue weighted by atomic mass is 32.2. The fourth-order valence-corrected chi connectivity index (χ4v) is 4.01. The number of halogens is 3. The first-order chi connectivity index (χ1) is 17.4. The van der Waals surface area contributed by atoms with Crippen LogP contribution in [0.25, 0.3) is 12.2 Å². The number of oxazole rings is 1. The maximum Gasteiger partial charge on any atom is 0.578 e. The fourth-order valence-electron chi connectivity index (χ4n) is 3.36. The van der Waals surface area contributed by atoms with Gasteiger partial charge >= 0.3 is 5.51 Å². The second-order valence-corrected chi connectivity index (χ2v) is 9.37. The van der Waals surface area contributed by atoms with Crippen LogP contribution in [0.4, 0.5) is 13.2 Å². The van der Waals surface area contributed by atoms with E-state index in [0.717, 1.165) is 37.1 Å². The molecule has 0 aliphatic carbocycles. The predicted molar refractivity (Wildman–Crippen MR) is 128 cm³/mol. The van der Waals surface area contributed by atoms with E-state index < -0.39 is 16.7 Å². The minimum atomic E-state index is -4.78. The van der Waals surface area contributed by atoms with Crippen LogP contribution >= 0.6 is 0 Å². The van der Waals surface area contributed by atoms with Crippen LogP contribution in [-0.4, -0.2) is 30.5 Å². The fraction of sp³-hybridized carbons (Fsp3) is 0.240. The van der Waals surface area contributed by atoms with Crippen molar-refractivity contribution in [1.29, 1.82) is 0 Å². The van der Waals surface area contributed by atoms with Gasteiger partial charge in [0.05, 0.1) is 16.9 Å². The molecule has 0 saturated heterocycles. The summed E-state index contributed by atoms with van der Waals surface area (Å²) in [5.41, 5.74) is -1.36. The van der Waals surface area contributed by atoms with E-state index in [1.807, 2.05) is 30.5 Å². The van der Waals surface area contributed by atoms with Crippen molar-refractivity contribution in [3.8, 4) is 5.75 Å². The molecule has 0 fully saturated rings. The van der Waals surface area contributed by atoms with Crippen molar-refractivity contribution in [3.05, 3.63) is 89.4 Å². The average molecular weight is 517 g/mol. The van der Waals surface area contributed by atoms with Crippen molar-refractivity contribution < 1.29 is 26.9 Å². The van der Waals surface area contributed by atoms with E-state index in [1.165, 1.54) is 36.1 Å². The Hall–Kier alpha value is -3.57. The van der Waals surface area contributed by atoms with Crippen LogP contribution in [0.2, 0.25) is 0 Å². The summed E-state index contributed by atoms with van der Waals surface area (Å²) in [6, 6.07) is 13.2. The number of aromatic amines is 1. The van der Waals surface area contributed by atoms with Crippen LogP contribution < -0.4 is 4.74 Å². The first kappa shape index (κ1) is 25.5. The lowest BCUT2D eigenvalue weighted by molar-refractivity contribution is -0.0435. The normalized spacial score (nSPS) is 12.8. The van der Waals surface area contributed by atoms with Gasteiger partial charge in [-0.15, -0.1) is 18.3 Å². The maximum atomic E-state index is 12.5. The van der Waals surface area contributed by atoms with Gasteiger partial charge in [0.25, 0.3) is 0 Å². The number of nitrogens with one attached hydrogen (secondary N) is 1. The molecule has 188 valence electrons. The number of hydrogen-bond donors (Lipinski definition) is 1. The number of benzene rings is 2. The highest BCUT2D eigenvalue weighted by molar-refractivity contribution is 7.92. The highest BCUT2D eigenvalue weighted by Crippen LogP contribution is 2.30. The lowest BCUT2D eigenvalue weighted by Gasteiger charge is -2.11. The number of rotatable bonds is 11. The molecule has 0 saturated carbocycles. The molecule has 4 rings (SSSR count). The lowest BCUT2D eigenvalue weighted by Crippen LogP contribution is -2.23. The Kier molecular flexibility index (Phi) is 8.44. The van der Waals surface area contributed by atoms with Gasteiger partial charge < -0.3 is 13.7 Å².